The molecular formula is C17H19N5O. The lowest BCUT2D eigenvalue weighted by Crippen LogP contribution is -1.95. The molecule has 0 fully saturated rings. The number of hydrogen-bond donors (Lipinski definition) is 1. The fourth-order valence-electron chi connectivity index (χ4n) is 2.43. The van der Waals surface area contributed by atoms with Gasteiger partial charge in [0.15, 0.2) is 0 Å². The SMILES string of the molecule is CCc1cc(-c2noc(-c3cc(C)nc(NC)c3)n2)cc(C)n1. The summed E-state index contributed by atoms with van der Waals surface area (Å²) in [4.78, 5) is 13.4. The standard InChI is InChI=1S/C17H19N5O/c1-5-14-8-12(6-10(2)19-14)16-21-17(23-22-16)13-7-11(3)20-15(9-13)18-4/h6-9H,5H2,1-4H3,(H,18,20). The number of hydrogen-bond acceptors (Lipinski definition) is 6. The molecule has 1 N–H and O–H groups in total. The molecule has 6 nitrogen and oxygen atoms in total. The van der Waals surface area contributed by atoms with Gasteiger partial charge in [0.1, 0.15) is 5.82 Å². The van der Waals surface area contributed by atoms with Crippen molar-refractivity contribution in [2.24, 2.45) is 0 Å². The van der Waals surface area contributed by atoms with Gasteiger partial charge in [0.25, 0.3) is 5.89 Å². The number of rotatable bonds is 4. The lowest BCUT2D eigenvalue weighted by atomic mass is 10.1. The molecule has 6 heteroatoms. The topological polar surface area (TPSA) is 76.7 Å². The highest BCUT2D eigenvalue weighted by atomic mass is 16.5. The Balaban J connectivity index is 2.01. The van der Waals surface area contributed by atoms with E-state index in [1.807, 2.05) is 45.2 Å². The van der Waals surface area contributed by atoms with E-state index >= 15 is 0 Å². The molecule has 0 aliphatic rings. The van der Waals surface area contributed by atoms with E-state index in [4.69, 9.17) is 4.52 Å². The van der Waals surface area contributed by atoms with Gasteiger partial charge < -0.3 is 9.84 Å². The summed E-state index contributed by atoms with van der Waals surface area (Å²) in [7, 11) is 1.83. The van der Waals surface area contributed by atoms with E-state index in [1.54, 1.807) is 0 Å². The molecule has 0 bridgehead atoms. The number of nitrogens with zero attached hydrogens (tertiary/aromatic N) is 4. The van der Waals surface area contributed by atoms with Gasteiger partial charge in [-0.2, -0.15) is 4.98 Å². The van der Waals surface area contributed by atoms with Crippen molar-refractivity contribution in [2.75, 3.05) is 12.4 Å². The minimum absolute atomic E-state index is 0.481. The lowest BCUT2D eigenvalue weighted by Gasteiger charge is -2.03. The fraction of sp³-hybridized carbons (Fsp3) is 0.294. The molecule has 3 heterocycles. The van der Waals surface area contributed by atoms with Gasteiger partial charge in [0, 0.05) is 35.3 Å². The first-order valence-electron chi connectivity index (χ1n) is 7.57. The highest BCUT2D eigenvalue weighted by molar-refractivity contribution is 5.63. The average molecular weight is 309 g/mol. The van der Waals surface area contributed by atoms with Crippen molar-refractivity contribution in [3.63, 3.8) is 0 Å². The second-order valence-corrected chi connectivity index (χ2v) is 5.40. The molecule has 23 heavy (non-hydrogen) atoms. The molecule has 0 spiro atoms. The Hall–Kier alpha value is -2.76. The predicted molar refractivity (Wildman–Crippen MR) is 89.2 cm³/mol. The lowest BCUT2D eigenvalue weighted by molar-refractivity contribution is 0.432. The third kappa shape index (κ3) is 3.21. The number of anilines is 1. The molecule has 0 saturated carbocycles. The largest absolute Gasteiger partial charge is 0.373 e. The molecule has 3 aromatic rings. The van der Waals surface area contributed by atoms with Crippen LogP contribution in [0.15, 0.2) is 28.8 Å². The van der Waals surface area contributed by atoms with Crippen LogP contribution in [-0.2, 0) is 6.42 Å². The zero-order chi connectivity index (χ0) is 16.4. The van der Waals surface area contributed by atoms with Crippen molar-refractivity contribution in [3.8, 4) is 22.8 Å². The molecule has 0 aliphatic carbocycles. The fourth-order valence-corrected chi connectivity index (χ4v) is 2.43. The van der Waals surface area contributed by atoms with E-state index in [9.17, 15) is 0 Å². The van der Waals surface area contributed by atoms with Crippen molar-refractivity contribution < 1.29 is 4.52 Å². The maximum absolute atomic E-state index is 5.44. The van der Waals surface area contributed by atoms with Crippen LogP contribution in [-0.4, -0.2) is 27.2 Å². The summed E-state index contributed by atoms with van der Waals surface area (Å²) in [5, 5.41) is 7.14. The van der Waals surface area contributed by atoms with Gasteiger partial charge in [-0.05, 0) is 44.5 Å². The Morgan fingerprint density at radius 3 is 2.43 bits per heavy atom. The smallest absolute Gasteiger partial charge is 0.258 e. The minimum Gasteiger partial charge on any atom is -0.373 e. The number of pyridine rings is 2. The zero-order valence-corrected chi connectivity index (χ0v) is 13.7. The van der Waals surface area contributed by atoms with E-state index in [0.717, 1.165) is 40.4 Å². The molecule has 118 valence electrons. The van der Waals surface area contributed by atoms with Crippen molar-refractivity contribution in [1.82, 2.24) is 20.1 Å². The molecule has 0 amide bonds. The first kappa shape index (κ1) is 15.1. The first-order chi connectivity index (χ1) is 11.1. The molecule has 0 atom stereocenters. The van der Waals surface area contributed by atoms with Crippen LogP contribution >= 0.6 is 0 Å². The first-order valence-corrected chi connectivity index (χ1v) is 7.57. The molecule has 3 rings (SSSR count). The average Bonchev–Trinajstić information content (AvgIpc) is 3.03. The van der Waals surface area contributed by atoms with Gasteiger partial charge in [-0.25, -0.2) is 4.98 Å². The van der Waals surface area contributed by atoms with Crippen LogP contribution in [0.1, 0.15) is 24.0 Å². The van der Waals surface area contributed by atoms with Crippen molar-refractivity contribution in [1.29, 1.82) is 0 Å². The Labute approximate surface area is 135 Å². The normalized spacial score (nSPS) is 10.8. The zero-order valence-electron chi connectivity index (χ0n) is 13.7. The summed E-state index contributed by atoms with van der Waals surface area (Å²) in [6.07, 6.45) is 0.870. The van der Waals surface area contributed by atoms with E-state index in [0.29, 0.717) is 11.7 Å². The van der Waals surface area contributed by atoms with Crippen molar-refractivity contribution in [3.05, 3.63) is 41.3 Å². The maximum atomic E-state index is 5.44. The van der Waals surface area contributed by atoms with Gasteiger partial charge >= 0.3 is 0 Å². The summed E-state index contributed by atoms with van der Waals surface area (Å²) >= 11 is 0. The summed E-state index contributed by atoms with van der Waals surface area (Å²) < 4.78 is 5.44. The molecule has 0 aliphatic heterocycles. The van der Waals surface area contributed by atoms with Crippen LogP contribution in [0, 0.1) is 13.8 Å². The molecule has 3 aromatic heterocycles. The van der Waals surface area contributed by atoms with Gasteiger partial charge in [-0.15, -0.1) is 0 Å². The van der Waals surface area contributed by atoms with Gasteiger partial charge in [-0.1, -0.05) is 12.1 Å². The quantitative estimate of drug-likeness (QED) is 0.796. The van der Waals surface area contributed by atoms with E-state index < -0.39 is 0 Å². The highest BCUT2D eigenvalue weighted by Crippen LogP contribution is 2.25. The van der Waals surface area contributed by atoms with Crippen LogP contribution < -0.4 is 5.32 Å². The third-order valence-electron chi connectivity index (χ3n) is 3.51. The van der Waals surface area contributed by atoms with Crippen molar-refractivity contribution in [2.45, 2.75) is 27.2 Å². The summed E-state index contributed by atoms with van der Waals surface area (Å²) in [5.74, 6) is 1.82. The third-order valence-corrected chi connectivity index (χ3v) is 3.51. The predicted octanol–water partition coefficient (Wildman–Crippen LogP) is 3.41. The monoisotopic (exact) mass is 309 g/mol. The van der Waals surface area contributed by atoms with E-state index in [2.05, 4.69) is 32.3 Å². The summed E-state index contributed by atoms with van der Waals surface area (Å²) in [6, 6.07) is 7.77. The molecule has 0 unspecified atom stereocenters. The van der Waals surface area contributed by atoms with Crippen LogP contribution in [0.25, 0.3) is 22.8 Å². The van der Waals surface area contributed by atoms with Crippen LogP contribution in [0.5, 0.6) is 0 Å². The number of aryl methyl sites for hydroxylation is 3. The Morgan fingerprint density at radius 2 is 1.70 bits per heavy atom. The van der Waals surface area contributed by atoms with E-state index in [-0.39, 0.29) is 0 Å². The Morgan fingerprint density at radius 1 is 0.957 bits per heavy atom. The summed E-state index contributed by atoms with van der Waals surface area (Å²) in [6.45, 7) is 5.97. The summed E-state index contributed by atoms with van der Waals surface area (Å²) in [5.41, 5.74) is 4.62. The molecular weight excluding hydrogens is 290 g/mol. The number of nitrogens with one attached hydrogen (secondary N) is 1. The Kier molecular flexibility index (Phi) is 4.06. The van der Waals surface area contributed by atoms with Gasteiger partial charge in [0.2, 0.25) is 5.82 Å². The molecule has 0 radical (unpaired) electrons. The second kappa shape index (κ2) is 6.16. The maximum Gasteiger partial charge on any atom is 0.258 e. The molecule has 0 saturated heterocycles. The Bertz CT molecular complexity index is 773. The van der Waals surface area contributed by atoms with E-state index in [1.165, 1.54) is 0 Å². The van der Waals surface area contributed by atoms with Gasteiger partial charge in [-0.3, -0.25) is 4.98 Å². The van der Waals surface area contributed by atoms with Gasteiger partial charge in [0.05, 0.1) is 0 Å². The van der Waals surface area contributed by atoms with Crippen LogP contribution in [0.2, 0.25) is 0 Å². The second-order valence-electron chi connectivity index (χ2n) is 5.40. The highest BCUT2D eigenvalue weighted by Gasteiger charge is 2.13. The van der Waals surface area contributed by atoms with Crippen LogP contribution in [0.3, 0.4) is 0 Å². The van der Waals surface area contributed by atoms with Crippen molar-refractivity contribution >= 4 is 5.82 Å². The molecule has 0 aromatic carbocycles. The number of aromatic nitrogens is 4. The minimum atomic E-state index is 0.481. The van der Waals surface area contributed by atoms with Crippen LogP contribution in [0.4, 0.5) is 5.82 Å².